The molecule has 4 heteroatoms. The van der Waals surface area contributed by atoms with E-state index in [4.69, 9.17) is 11.6 Å². The van der Waals surface area contributed by atoms with Gasteiger partial charge in [0.05, 0.1) is 0 Å². The van der Waals surface area contributed by atoms with Gasteiger partial charge >= 0.3 is 0 Å². The molecule has 0 saturated carbocycles. The number of rotatable bonds is 1. The van der Waals surface area contributed by atoms with E-state index in [0.717, 1.165) is 10.9 Å². The minimum atomic E-state index is 0.350. The SMILES string of the molecule is CC(C)n1cc2ccnc(Cl)c2n1. The Bertz CT molecular complexity index is 433. The topological polar surface area (TPSA) is 30.7 Å². The lowest BCUT2D eigenvalue weighted by molar-refractivity contribution is 0.537. The van der Waals surface area contributed by atoms with Crippen LogP contribution >= 0.6 is 11.6 Å². The van der Waals surface area contributed by atoms with Crippen molar-refractivity contribution < 1.29 is 0 Å². The van der Waals surface area contributed by atoms with E-state index in [1.807, 2.05) is 16.9 Å². The average Bonchev–Trinajstić information content (AvgIpc) is 2.49. The molecule has 0 saturated heterocycles. The van der Waals surface area contributed by atoms with Gasteiger partial charge in [0, 0.05) is 23.8 Å². The van der Waals surface area contributed by atoms with Crippen LogP contribution in [0.2, 0.25) is 5.15 Å². The molecule has 68 valence electrons. The van der Waals surface area contributed by atoms with Crippen molar-refractivity contribution in [1.82, 2.24) is 14.8 Å². The van der Waals surface area contributed by atoms with Gasteiger partial charge in [0.25, 0.3) is 0 Å². The van der Waals surface area contributed by atoms with Crippen LogP contribution in [-0.4, -0.2) is 14.8 Å². The highest BCUT2D eigenvalue weighted by molar-refractivity contribution is 6.33. The van der Waals surface area contributed by atoms with E-state index in [-0.39, 0.29) is 0 Å². The number of nitrogens with zero attached hydrogens (tertiary/aromatic N) is 3. The largest absolute Gasteiger partial charge is 0.269 e. The van der Waals surface area contributed by atoms with Crippen molar-refractivity contribution in [3.63, 3.8) is 0 Å². The fourth-order valence-corrected chi connectivity index (χ4v) is 1.40. The standard InChI is InChI=1S/C9H10ClN3/c1-6(2)13-5-7-3-4-11-9(10)8(7)12-13/h3-6H,1-2H3. The molecule has 0 radical (unpaired) electrons. The molecule has 0 amide bonds. The van der Waals surface area contributed by atoms with Crippen LogP contribution in [-0.2, 0) is 0 Å². The Balaban J connectivity index is 2.68. The van der Waals surface area contributed by atoms with Gasteiger partial charge < -0.3 is 0 Å². The highest BCUT2D eigenvalue weighted by atomic mass is 35.5. The maximum Gasteiger partial charge on any atom is 0.157 e. The summed E-state index contributed by atoms with van der Waals surface area (Å²) in [6, 6.07) is 2.26. The summed E-state index contributed by atoms with van der Waals surface area (Å²) >= 11 is 5.89. The van der Waals surface area contributed by atoms with Gasteiger partial charge in [-0.25, -0.2) is 4.98 Å². The smallest absolute Gasteiger partial charge is 0.157 e. The number of hydrogen-bond donors (Lipinski definition) is 0. The molecule has 0 N–H and O–H groups in total. The molecule has 13 heavy (non-hydrogen) atoms. The van der Waals surface area contributed by atoms with Gasteiger partial charge in [-0.1, -0.05) is 11.6 Å². The fourth-order valence-electron chi connectivity index (χ4n) is 1.20. The Hall–Kier alpha value is -1.09. The first-order chi connectivity index (χ1) is 6.18. The molecular formula is C9H10ClN3. The van der Waals surface area contributed by atoms with E-state index in [9.17, 15) is 0 Å². The van der Waals surface area contributed by atoms with Crippen LogP contribution < -0.4 is 0 Å². The van der Waals surface area contributed by atoms with E-state index in [2.05, 4.69) is 23.9 Å². The summed E-state index contributed by atoms with van der Waals surface area (Å²) in [5.41, 5.74) is 0.776. The van der Waals surface area contributed by atoms with Crippen LogP contribution in [0.4, 0.5) is 0 Å². The molecule has 0 aliphatic heterocycles. The minimum Gasteiger partial charge on any atom is -0.269 e. The molecule has 0 bridgehead atoms. The monoisotopic (exact) mass is 195 g/mol. The second-order valence-electron chi connectivity index (χ2n) is 3.24. The first-order valence-electron chi connectivity index (χ1n) is 4.18. The number of hydrogen-bond acceptors (Lipinski definition) is 2. The van der Waals surface area contributed by atoms with Crippen LogP contribution in [0.3, 0.4) is 0 Å². The molecule has 0 aromatic carbocycles. The molecule has 0 aliphatic carbocycles. The average molecular weight is 196 g/mol. The van der Waals surface area contributed by atoms with Gasteiger partial charge in [0.15, 0.2) is 5.15 Å². The summed E-state index contributed by atoms with van der Waals surface area (Å²) < 4.78 is 1.89. The summed E-state index contributed by atoms with van der Waals surface area (Å²) in [4.78, 5) is 3.97. The van der Waals surface area contributed by atoms with Crippen LogP contribution in [0.1, 0.15) is 19.9 Å². The minimum absolute atomic E-state index is 0.350. The lowest BCUT2D eigenvalue weighted by Gasteiger charge is -2.02. The third kappa shape index (κ3) is 1.40. The van der Waals surface area contributed by atoms with Crippen molar-refractivity contribution in [2.45, 2.75) is 19.9 Å². The molecule has 3 nitrogen and oxygen atoms in total. The van der Waals surface area contributed by atoms with E-state index in [0.29, 0.717) is 11.2 Å². The van der Waals surface area contributed by atoms with Crippen molar-refractivity contribution in [3.8, 4) is 0 Å². The van der Waals surface area contributed by atoms with Gasteiger partial charge in [0.1, 0.15) is 5.52 Å². The maximum atomic E-state index is 5.89. The van der Waals surface area contributed by atoms with Crippen LogP contribution in [0.25, 0.3) is 10.9 Å². The maximum absolute atomic E-state index is 5.89. The van der Waals surface area contributed by atoms with Crippen molar-refractivity contribution in [2.24, 2.45) is 0 Å². The fraction of sp³-hybridized carbons (Fsp3) is 0.333. The van der Waals surface area contributed by atoms with Gasteiger partial charge in [-0.05, 0) is 19.9 Å². The Kier molecular flexibility index (Phi) is 1.96. The quantitative estimate of drug-likeness (QED) is 0.655. The van der Waals surface area contributed by atoms with E-state index < -0.39 is 0 Å². The Morgan fingerprint density at radius 3 is 2.85 bits per heavy atom. The van der Waals surface area contributed by atoms with Crippen molar-refractivity contribution in [2.75, 3.05) is 0 Å². The van der Waals surface area contributed by atoms with Crippen molar-refractivity contribution in [1.29, 1.82) is 0 Å². The molecule has 2 rings (SSSR count). The molecule has 0 unspecified atom stereocenters. The molecule has 0 aliphatic rings. The second-order valence-corrected chi connectivity index (χ2v) is 3.60. The highest BCUT2D eigenvalue weighted by Gasteiger charge is 2.06. The van der Waals surface area contributed by atoms with Gasteiger partial charge in [0.2, 0.25) is 0 Å². The number of pyridine rings is 1. The molecule has 2 aromatic rings. The normalized spacial score (nSPS) is 11.4. The summed E-state index contributed by atoms with van der Waals surface area (Å²) in [7, 11) is 0. The van der Waals surface area contributed by atoms with Gasteiger partial charge in [-0.2, -0.15) is 5.10 Å². The van der Waals surface area contributed by atoms with Gasteiger partial charge in [-0.15, -0.1) is 0 Å². The predicted molar refractivity (Wildman–Crippen MR) is 52.9 cm³/mol. The summed E-state index contributed by atoms with van der Waals surface area (Å²) in [5.74, 6) is 0. The molecule has 0 spiro atoms. The van der Waals surface area contributed by atoms with E-state index in [1.54, 1.807) is 6.20 Å². The second kappa shape index (κ2) is 3.00. The summed E-state index contributed by atoms with van der Waals surface area (Å²) in [5, 5.41) is 5.84. The first-order valence-corrected chi connectivity index (χ1v) is 4.55. The Labute approximate surface area is 81.3 Å². The first kappa shape index (κ1) is 8.51. The number of aromatic nitrogens is 3. The number of halogens is 1. The Morgan fingerprint density at radius 2 is 2.23 bits per heavy atom. The lowest BCUT2D eigenvalue weighted by atomic mass is 10.3. The zero-order valence-electron chi connectivity index (χ0n) is 7.53. The summed E-state index contributed by atoms with van der Waals surface area (Å²) in [6.07, 6.45) is 3.67. The van der Waals surface area contributed by atoms with Crippen LogP contribution in [0.5, 0.6) is 0 Å². The number of fused-ring (bicyclic) bond motifs is 1. The highest BCUT2D eigenvalue weighted by Crippen LogP contribution is 2.20. The molecule has 2 aromatic heterocycles. The zero-order chi connectivity index (χ0) is 9.42. The molecular weight excluding hydrogens is 186 g/mol. The molecule has 2 heterocycles. The third-order valence-electron chi connectivity index (χ3n) is 1.93. The molecule has 0 atom stereocenters. The van der Waals surface area contributed by atoms with Gasteiger partial charge in [-0.3, -0.25) is 4.68 Å². The Morgan fingerprint density at radius 1 is 1.46 bits per heavy atom. The van der Waals surface area contributed by atoms with Crippen LogP contribution in [0.15, 0.2) is 18.5 Å². The van der Waals surface area contributed by atoms with E-state index >= 15 is 0 Å². The summed E-state index contributed by atoms with van der Waals surface area (Å²) in [6.45, 7) is 4.15. The van der Waals surface area contributed by atoms with Crippen LogP contribution in [0, 0.1) is 0 Å². The zero-order valence-corrected chi connectivity index (χ0v) is 8.28. The molecule has 0 fully saturated rings. The van der Waals surface area contributed by atoms with E-state index in [1.165, 1.54) is 0 Å². The van der Waals surface area contributed by atoms with Crippen molar-refractivity contribution in [3.05, 3.63) is 23.6 Å². The third-order valence-corrected chi connectivity index (χ3v) is 2.20. The lowest BCUT2D eigenvalue weighted by Crippen LogP contribution is -1.99. The van der Waals surface area contributed by atoms with Crippen molar-refractivity contribution >= 4 is 22.5 Å². The predicted octanol–water partition coefficient (Wildman–Crippen LogP) is 2.67.